The minimum absolute atomic E-state index is 0.330. The van der Waals surface area contributed by atoms with Crippen molar-refractivity contribution < 1.29 is 19.1 Å². The minimum atomic E-state index is -0.768. The fraction of sp³-hybridized carbons (Fsp3) is 0.438. The number of esters is 1. The zero-order chi connectivity index (χ0) is 15.9. The van der Waals surface area contributed by atoms with Crippen LogP contribution in [-0.4, -0.2) is 30.8 Å². The molecule has 21 heavy (non-hydrogen) atoms. The van der Waals surface area contributed by atoms with Crippen LogP contribution in [0.25, 0.3) is 0 Å². The van der Waals surface area contributed by atoms with Gasteiger partial charge in [-0.2, -0.15) is 0 Å². The number of hydrogen-bond acceptors (Lipinski definition) is 4. The van der Waals surface area contributed by atoms with E-state index in [1.165, 1.54) is 7.11 Å². The summed E-state index contributed by atoms with van der Waals surface area (Å²) >= 11 is 0. The summed E-state index contributed by atoms with van der Waals surface area (Å²) in [6, 6.07) is -0.768. The molecule has 5 radical (unpaired) electrons. The molecule has 0 aliphatic heterocycles. The van der Waals surface area contributed by atoms with Crippen molar-refractivity contribution in [2.75, 3.05) is 7.11 Å². The molecular weight excluding hydrogens is 270 g/mol. The van der Waals surface area contributed by atoms with Crippen LogP contribution in [0.2, 0.25) is 0 Å². The van der Waals surface area contributed by atoms with Crippen LogP contribution in [0.1, 0.15) is 27.2 Å². The molecule has 5 nitrogen and oxygen atoms in total. The standard InChI is InChI=1S/C16H22NO4/c1-16(2,3)21-15(19)17-13(14(18)20-4)11-7-10-12-8-5-6-9-12/h5-10,13H,11H2,1-4H3,(H,17,19)/b10-7+/t13-/m0/s1. The van der Waals surface area contributed by atoms with Crippen LogP contribution in [-0.2, 0) is 14.3 Å². The summed E-state index contributed by atoms with van der Waals surface area (Å²) in [5.41, 5.74) is -0.615. The van der Waals surface area contributed by atoms with Crippen molar-refractivity contribution in [3.8, 4) is 0 Å². The van der Waals surface area contributed by atoms with Crippen molar-refractivity contribution in [3.63, 3.8) is 0 Å². The first-order valence-electron chi connectivity index (χ1n) is 6.77. The van der Waals surface area contributed by atoms with Crippen LogP contribution in [0.4, 0.5) is 4.79 Å². The van der Waals surface area contributed by atoms with E-state index in [0.717, 1.165) is 5.92 Å². The zero-order valence-corrected chi connectivity index (χ0v) is 12.9. The molecule has 1 N–H and O–H groups in total. The van der Waals surface area contributed by atoms with Crippen LogP contribution in [0, 0.1) is 31.6 Å². The number of alkyl carbamates (subject to hydrolysis) is 1. The average Bonchev–Trinajstić information content (AvgIpc) is 2.87. The summed E-state index contributed by atoms with van der Waals surface area (Å²) in [4.78, 5) is 23.4. The van der Waals surface area contributed by atoms with E-state index in [2.05, 4.69) is 10.1 Å². The Morgan fingerprint density at radius 3 is 2.43 bits per heavy atom. The highest BCUT2D eigenvalue weighted by Gasteiger charge is 2.24. The molecule has 0 aromatic carbocycles. The molecule has 1 saturated carbocycles. The lowest BCUT2D eigenvalue weighted by Crippen LogP contribution is -2.43. The quantitative estimate of drug-likeness (QED) is 0.790. The van der Waals surface area contributed by atoms with Crippen molar-refractivity contribution in [2.45, 2.75) is 38.8 Å². The van der Waals surface area contributed by atoms with Gasteiger partial charge >= 0.3 is 12.1 Å². The Morgan fingerprint density at radius 1 is 1.29 bits per heavy atom. The Bertz CT molecular complexity index is 378. The van der Waals surface area contributed by atoms with E-state index in [0.29, 0.717) is 6.42 Å². The number of carbonyl (C=O) groups excluding carboxylic acids is 2. The molecule has 0 spiro atoms. The third-order valence-electron chi connectivity index (χ3n) is 2.55. The molecule has 0 saturated heterocycles. The maximum absolute atomic E-state index is 11.7. The van der Waals surface area contributed by atoms with Gasteiger partial charge in [-0.3, -0.25) is 0 Å². The average molecular weight is 292 g/mol. The lowest BCUT2D eigenvalue weighted by atomic mass is 10.1. The molecule has 1 aliphatic carbocycles. The summed E-state index contributed by atoms with van der Waals surface area (Å²) in [6.07, 6.45) is 11.1. The molecule has 1 aliphatic rings. The Labute approximate surface area is 127 Å². The second-order valence-electron chi connectivity index (χ2n) is 5.58. The van der Waals surface area contributed by atoms with E-state index in [9.17, 15) is 9.59 Å². The van der Waals surface area contributed by atoms with Gasteiger partial charge in [0.2, 0.25) is 0 Å². The molecule has 1 fully saturated rings. The van der Waals surface area contributed by atoms with Gasteiger partial charge in [0, 0.05) is 5.92 Å². The van der Waals surface area contributed by atoms with Gasteiger partial charge in [-0.15, -0.1) is 0 Å². The predicted molar refractivity (Wildman–Crippen MR) is 79.4 cm³/mol. The molecule has 1 rings (SSSR count). The number of allylic oxidation sites excluding steroid dienone is 1. The number of carbonyl (C=O) groups is 2. The lowest BCUT2D eigenvalue weighted by molar-refractivity contribution is -0.143. The molecule has 0 heterocycles. The Balaban J connectivity index is 2.51. The molecule has 5 heteroatoms. The summed E-state index contributed by atoms with van der Waals surface area (Å²) in [5, 5.41) is 2.52. The summed E-state index contributed by atoms with van der Waals surface area (Å²) in [5.74, 6) is 0.531. The monoisotopic (exact) mass is 292 g/mol. The Kier molecular flexibility index (Phi) is 6.72. The van der Waals surface area contributed by atoms with Crippen LogP contribution >= 0.6 is 0 Å². The third-order valence-corrected chi connectivity index (χ3v) is 2.55. The highest BCUT2D eigenvalue weighted by atomic mass is 16.6. The number of nitrogens with one attached hydrogen (secondary N) is 1. The Morgan fingerprint density at radius 2 is 1.90 bits per heavy atom. The van der Waals surface area contributed by atoms with Crippen LogP contribution in [0.3, 0.4) is 0 Å². The van der Waals surface area contributed by atoms with Crippen molar-refractivity contribution in [1.29, 1.82) is 0 Å². The van der Waals surface area contributed by atoms with Crippen LogP contribution < -0.4 is 5.32 Å². The van der Waals surface area contributed by atoms with Crippen molar-refractivity contribution in [3.05, 3.63) is 43.8 Å². The van der Waals surface area contributed by atoms with E-state index >= 15 is 0 Å². The lowest BCUT2D eigenvalue weighted by Gasteiger charge is -2.22. The van der Waals surface area contributed by atoms with E-state index in [4.69, 9.17) is 4.74 Å². The maximum atomic E-state index is 11.7. The highest BCUT2D eigenvalue weighted by molar-refractivity contribution is 5.81. The molecule has 0 bridgehead atoms. The van der Waals surface area contributed by atoms with Crippen LogP contribution in [0.15, 0.2) is 12.2 Å². The van der Waals surface area contributed by atoms with Crippen LogP contribution in [0.5, 0.6) is 0 Å². The van der Waals surface area contributed by atoms with E-state index in [1.54, 1.807) is 20.8 Å². The number of ether oxygens (including phenoxy) is 2. The number of hydrogen-bond donors (Lipinski definition) is 1. The first-order valence-corrected chi connectivity index (χ1v) is 6.77. The van der Waals surface area contributed by atoms with Gasteiger partial charge in [0.1, 0.15) is 11.6 Å². The summed E-state index contributed by atoms with van der Waals surface area (Å²) in [6.45, 7) is 5.28. The largest absolute Gasteiger partial charge is 0.467 e. The van der Waals surface area contributed by atoms with Crippen molar-refractivity contribution in [1.82, 2.24) is 5.32 Å². The molecular formula is C16H22NO4. The van der Waals surface area contributed by atoms with Crippen molar-refractivity contribution >= 4 is 12.1 Å². The van der Waals surface area contributed by atoms with Crippen molar-refractivity contribution in [2.24, 2.45) is 0 Å². The summed E-state index contributed by atoms with van der Waals surface area (Å²) < 4.78 is 9.82. The molecule has 1 amide bonds. The normalized spacial score (nSPS) is 17.7. The topological polar surface area (TPSA) is 64.6 Å². The number of methoxy groups -OCH3 is 1. The number of amides is 1. The van der Waals surface area contributed by atoms with Gasteiger partial charge in [-0.1, -0.05) is 12.2 Å². The second-order valence-corrected chi connectivity index (χ2v) is 5.58. The van der Waals surface area contributed by atoms with Gasteiger partial charge in [0.05, 0.1) is 7.11 Å². The van der Waals surface area contributed by atoms with Gasteiger partial charge in [-0.05, 0) is 52.9 Å². The third kappa shape index (κ3) is 7.16. The maximum Gasteiger partial charge on any atom is 0.408 e. The van der Waals surface area contributed by atoms with Gasteiger partial charge in [0.25, 0.3) is 0 Å². The number of rotatable bonds is 5. The first kappa shape index (κ1) is 17.5. The fourth-order valence-corrected chi connectivity index (χ4v) is 1.65. The van der Waals surface area contributed by atoms with Gasteiger partial charge in [-0.25, -0.2) is 9.59 Å². The SMILES string of the molecule is COC(=O)[C@H](C/C=C/[C]1[CH][CH][CH][CH]1)NC(=O)OC(C)(C)C. The molecule has 115 valence electrons. The molecule has 0 unspecified atom stereocenters. The first-order chi connectivity index (χ1) is 9.81. The summed E-state index contributed by atoms with van der Waals surface area (Å²) in [7, 11) is 1.28. The Hall–Kier alpha value is -1.52. The van der Waals surface area contributed by atoms with Gasteiger partial charge < -0.3 is 14.8 Å². The minimum Gasteiger partial charge on any atom is -0.467 e. The van der Waals surface area contributed by atoms with E-state index < -0.39 is 23.7 Å². The highest BCUT2D eigenvalue weighted by Crippen LogP contribution is 2.24. The molecule has 1 atom stereocenters. The predicted octanol–water partition coefficient (Wildman–Crippen LogP) is 2.40. The second kappa shape index (κ2) is 8.05. The molecule has 0 aromatic rings. The fourth-order valence-electron chi connectivity index (χ4n) is 1.65. The van der Waals surface area contributed by atoms with Gasteiger partial charge in [0.15, 0.2) is 0 Å². The zero-order valence-electron chi connectivity index (χ0n) is 12.9. The van der Waals surface area contributed by atoms with E-state index in [1.807, 2.05) is 37.8 Å². The molecule has 0 aromatic heterocycles. The smallest absolute Gasteiger partial charge is 0.408 e. The van der Waals surface area contributed by atoms with E-state index in [-0.39, 0.29) is 0 Å².